The highest BCUT2D eigenvalue weighted by molar-refractivity contribution is 5.76. The fraction of sp³-hybridized carbons (Fsp3) is 0.923. The molecule has 0 spiro atoms. The molecule has 17 heavy (non-hydrogen) atoms. The lowest BCUT2D eigenvalue weighted by Gasteiger charge is -2.30. The van der Waals surface area contributed by atoms with Gasteiger partial charge in [-0.25, -0.2) is 0 Å². The van der Waals surface area contributed by atoms with E-state index < -0.39 is 11.0 Å². The predicted molar refractivity (Wildman–Crippen MR) is 68.7 cm³/mol. The van der Waals surface area contributed by atoms with Crippen molar-refractivity contribution in [2.24, 2.45) is 11.1 Å². The number of nitrogens with two attached hydrogens (primary N) is 1. The maximum atomic E-state index is 12.1. The van der Waals surface area contributed by atoms with Crippen LogP contribution in [-0.2, 0) is 14.3 Å². The van der Waals surface area contributed by atoms with Crippen molar-refractivity contribution in [3.8, 4) is 0 Å². The van der Waals surface area contributed by atoms with Gasteiger partial charge in [0.15, 0.2) is 0 Å². The van der Waals surface area contributed by atoms with Crippen molar-refractivity contribution in [3.63, 3.8) is 0 Å². The number of hydrogen-bond donors (Lipinski definition) is 1. The van der Waals surface area contributed by atoms with Gasteiger partial charge in [-0.1, -0.05) is 6.92 Å². The summed E-state index contributed by atoms with van der Waals surface area (Å²) in [5.41, 5.74) is 4.43. The quantitative estimate of drug-likeness (QED) is 0.551. The van der Waals surface area contributed by atoms with E-state index in [-0.39, 0.29) is 5.97 Å². The SMILES string of the molecule is CCC(C)(CCOCCN)C(=O)OC(C)(C)C. The Labute approximate surface area is 105 Å². The van der Waals surface area contributed by atoms with Crippen LogP contribution in [0, 0.1) is 5.41 Å². The predicted octanol–water partition coefficient (Wildman–Crippen LogP) is 2.11. The van der Waals surface area contributed by atoms with E-state index in [1.54, 1.807) is 0 Å². The minimum Gasteiger partial charge on any atom is -0.460 e. The Morgan fingerprint density at radius 1 is 1.18 bits per heavy atom. The molecular formula is C13H27NO3. The first-order valence-electron chi connectivity index (χ1n) is 6.26. The second kappa shape index (κ2) is 6.97. The monoisotopic (exact) mass is 245 g/mol. The average molecular weight is 245 g/mol. The molecule has 1 unspecified atom stereocenters. The molecule has 0 radical (unpaired) electrons. The lowest BCUT2D eigenvalue weighted by Crippen LogP contribution is -2.36. The Hall–Kier alpha value is -0.610. The highest BCUT2D eigenvalue weighted by Crippen LogP contribution is 2.29. The van der Waals surface area contributed by atoms with Crippen LogP contribution in [0.4, 0.5) is 0 Å². The van der Waals surface area contributed by atoms with Crippen LogP contribution in [0.1, 0.15) is 47.5 Å². The fourth-order valence-corrected chi connectivity index (χ4v) is 1.31. The van der Waals surface area contributed by atoms with Gasteiger partial charge in [0.2, 0.25) is 0 Å². The molecule has 0 aliphatic carbocycles. The largest absolute Gasteiger partial charge is 0.460 e. The average Bonchev–Trinajstić information content (AvgIpc) is 2.21. The van der Waals surface area contributed by atoms with Crippen LogP contribution >= 0.6 is 0 Å². The van der Waals surface area contributed by atoms with Crippen LogP contribution in [0.5, 0.6) is 0 Å². The van der Waals surface area contributed by atoms with Gasteiger partial charge < -0.3 is 15.2 Å². The van der Waals surface area contributed by atoms with E-state index in [4.69, 9.17) is 15.2 Å². The zero-order valence-electron chi connectivity index (χ0n) is 11.8. The second-order valence-corrected chi connectivity index (χ2v) is 5.57. The van der Waals surface area contributed by atoms with Crippen molar-refractivity contribution in [3.05, 3.63) is 0 Å². The summed E-state index contributed by atoms with van der Waals surface area (Å²) in [5.74, 6) is -0.149. The van der Waals surface area contributed by atoms with Crippen LogP contribution in [0.2, 0.25) is 0 Å². The van der Waals surface area contributed by atoms with Crippen molar-refractivity contribution in [1.29, 1.82) is 0 Å². The van der Waals surface area contributed by atoms with E-state index in [1.165, 1.54) is 0 Å². The molecule has 0 saturated heterocycles. The molecule has 0 aromatic carbocycles. The third-order valence-electron chi connectivity index (χ3n) is 2.73. The van der Waals surface area contributed by atoms with E-state index in [9.17, 15) is 4.79 Å². The molecule has 4 nitrogen and oxygen atoms in total. The van der Waals surface area contributed by atoms with Crippen LogP contribution in [0.25, 0.3) is 0 Å². The maximum Gasteiger partial charge on any atom is 0.312 e. The molecule has 0 fully saturated rings. The minimum atomic E-state index is -0.470. The molecule has 0 heterocycles. The summed E-state index contributed by atoms with van der Waals surface area (Å²) in [6, 6.07) is 0. The number of esters is 1. The van der Waals surface area contributed by atoms with Crippen molar-refractivity contribution >= 4 is 5.97 Å². The number of hydrogen-bond acceptors (Lipinski definition) is 4. The second-order valence-electron chi connectivity index (χ2n) is 5.57. The standard InChI is InChI=1S/C13H27NO3/c1-6-13(5,7-9-16-10-8-14)11(15)17-12(2,3)4/h6-10,14H2,1-5H3. The van der Waals surface area contributed by atoms with Crippen LogP contribution in [-0.4, -0.2) is 31.3 Å². The van der Waals surface area contributed by atoms with Gasteiger partial charge in [-0.05, 0) is 40.5 Å². The summed E-state index contributed by atoms with van der Waals surface area (Å²) < 4.78 is 10.8. The first kappa shape index (κ1) is 16.4. The highest BCUT2D eigenvalue weighted by Gasteiger charge is 2.35. The van der Waals surface area contributed by atoms with Gasteiger partial charge in [-0.2, -0.15) is 0 Å². The van der Waals surface area contributed by atoms with Gasteiger partial charge in [-0.15, -0.1) is 0 Å². The Bertz CT molecular complexity index is 235. The molecule has 0 aliphatic rings. The maximum absolute atomic E-state index is 12.1. The van der Waals surface area contributed by atoms with Crippen molar-refractivity contribution in [2.75, 3.05) is 19.8 Å². The van der Waals surface area contributed by atoms with Gasteiger partial charge in [0.1, 0.15) is 5.60 Å². The lowest BCUT2D eigenvalue weighted by atomic mass is 9.84. The van der Waals surface area contributed by atoms with E-state index in [2.05, 4.69) is 0 Å². The normalized spacial score (nSPS) is 15.4. The number of carbonyl (C=O) groups is 1. The number of rotatable bonds is 7. The first-order valence-corrected chi connectivity index (χ1v) is 6.26. The fourth-order valence-electron chi connectivity index (χ4n) is 1.31. The minimum absolute atomic E-state index is 0.149. The van der Waals surface area contributed by atoms with Gasteiger partial charge in [0, 0.05) is 13.2 Å². The summed E-state index contributed by atoms with van der Waals surface area (Å²) in [6.45, 7) is 11.1. The molecule has 0 aromatic rings. The Kier molecular flexibility index (Phi) is 6.72. The van der Waals surface area contributed by atoms with E-state index in [0.717, 1.165) is 6.42 Å². The van der Waals surface area contributed by atoms with Gasteiger partial charge in [0.25, 0.3) is 0 Å². The Morgan fingerprint density at radius 3 is 2.18 bits per heavy atom. The van der Waals surface area contributed by atoms with E-state index in [1.807, 2.05) is 34.6 Å². The number of ether oxygens (including phenoxy) is 2. The molecular weight excluding hydrogens is 218 g/mol. The molecule has 0 aliphatic heterocycles. The number of carbonyl (C=O) groups excluding carboxylic acids is 1. The zero-order chi connectivity index (χ0) is 13.5. The van der Waals surface area contributed by atoms with Crippen LogP contribution in [0.15, 0.2) is 0 Å². The summed E-state index contributed by atoms with van der Waals surface area (Å²) in [4.78, 5) is 12.1. The lowest BCUT2D eigenvalue weighted by molar-refractivity contribution is -0.168. The van der Waals surface area contributed by atoms with Crippen LogP contribution in [0.3, 0.4) is 0 Å². The summed E-state index contributed by atoms with van der Waals surface area (Å²) in [5, 5.41) is 0. The third kappa shape index (κ3) is 6.64. The van der Waals surface area contributed by atoms with Gasteiger partial charge in [-0.3, -0.25) is 4.79 Å². The summed E-state index contributed by atoms with van der Waals surface area (Å²) in [6.07, 6.45) is 1.41. The molecule has 0 bridgehead atoms. The van der Waals surface area contributed by atoms with Crippen molar-refractivity contribution in [2.45, 2.75) is 53.1 Å². The van der Waals surface area contributed by atoms with E-state index >= 15 is 0 Å². The Morgan fingerprint density at radius 2 is 1.76 bits per heavy atom. The molecule has 0 rings (SSSR count). The molecule has 4 heteroatoms. The molecule has 1 atom stereocenters. The topological polar surface area (TPSA) is 61.5 Å². The Balaban J connectivity index is 4.29. The molecule has 0 saturated carbocycles. The molecule has 102 valence electrons. The molecule has 2 N–H and O–H groups in total. The van der Waals surface area contributed by atoms with Crippen molar-refractivity contribution in [1.82, 2.24) is 0 Å². The van der Waals surface area contributed by atoms with Crippen molar-refractivity contribution < 1.29 is 14.3 Å². The highest BCUT2D eigenvalue weighted by atomic mass is 16.6. The van der Waals surface area contributed by atoms with E-state index in [0.29, 0.717) is 26.2 Å². The van der Waals surface area contributed by atoms with Crippen LogP contribution < -0.4 is 5.73 Å². The molecule has 0 amide bonds. The van der Waals surface area contributed by atoms with Gasteiger partial charge in [0.05, 0.1) is 12.0 Å². The van der Waals surface area contributed by atoms with Gasteiger partial charge >= 0.3 is 5.97 Å². The first-order chi connectivity index (χ1) is 7.75. The summed E-state index contributed by atoms with van der Waals surface area (Å²) >= 11 is 0. The zero-order valence-corrected chi connectivity index (χ0v) is 11.8. The smallest absolute Gasteiger partial charge is 0.312 e. The third-order valence-corrected chi connectivity index (χ3v) is 2.73. The molecule has 0 aromatic heterocycles. The summed E-state index contributed by atoms with van der Waals surface area (Å²) in [7, 11) is 0.